The van der Waals surface area contributed by atoms with E-state index in [4.69, 9.17) is 23.2 Å². The lowest BCUT2D eigenvalue weighted by Gasteiger charge is -2.13. The van der Waals surface area contributed by atoms with Crippen LogP contribution in [0.4, 0.5) is 18.9 Å². The number of amides is 1. The maximum atomic E-state index is 12.7. The number of carboxylic acid groups (broad SMARTS) is 1. The number of hydrogen-bond acceptors (Lipinski definition) is 3. The van der Waals surface area contributed by atoms with Crippen molar-refractivity contribution in [2.45, 2.75) is 6.18 Å². The number of anilines is 1. The number of para-hydroxylation sites is 1. The summed E-state index contributed by atoms with van der Waals surface area (Å²) in [6.45, 7) is 0. The van der Waals surface area contributed by atoms with E-state index in [1.165, 1.54) is 6.07 Å². The molecule has 1 rings (SSSR count). The molecule has 9 heteroatoms. The van der Waals surface area contributed by atoms with Gasteiger partial charge in [-0.15, -0.1) is 0 Å². The van der Waals surface area contributed by atoms with Crippen LogP contribution in [-0.2, 0) is 15.8 Å². The average Bonchev–Trinajstić information content (AvgIpc) is 2.36. The summed E-state index contributed by atoms with van der Waals surface area (Å²) in [4.78, 5) is 21.9. The van der Waals surface area contributed by atoms with Crippen molar-refractivity contribution in [3.8, 4) is 0 Å². The molecule has 0 aliphatic rings. The molecule has 0 aliphatic heterocycles. The normalized spacial score (nSPS) is 12.7. The molecule has 0 radical (unpaired) electrons. The van der Waals surface area contributed by atoms with Crippen LogP contribution in [0, 0.1) is 0 Å². The maximum Gasteiger partial charge on any atom is 0.418 e. The summed E-state index contributed by atoms with van der Waals surface area (Å²) >= 11 is 10.5. The van der Waals surface area contributed by atoms with Crippen molar-refractivity contribution in [2.24, 2.45) is 0 Å². The number of halogens is 5. The minimum atomic E-state index is -4.70. The van der Waals surface area contributed by atoms with Crippen LogP contribution in [-0.4, -0.2) is 11.9 Å². The van der Waals surface area contributed by atoms with Gasteiger partial charge in [-0.25, -0.2) is 0 Å². The van der Waals surface area contributed by atoms with E-state index in [-0.39, 0.29) is 0 Å². The SMILES string of the molecule is O=C([O-])/C(Cl)=C(/Cl)C(=O)Nc1ccccc1C(F)(F)F. The predicted octanol–water partition coefficient (Wildman–Crippen LogP) is 2.08. The van der Waals surface area contributed by atoms with Crippen molar-refractivity contribution in [2.75, 3.05) is 5.32 Å². The Morgan fingerprint density at radius 2 is 1.65 bits per heavy atom. The first-order valence-electron chi connectivity index (χ1n) is 4.88. The highest BCUT2D eigenvalue weighted by Crippen LogP contribution is 2.34. The molecular formula is C11H5Cl2F3NO3-. The van der Waals surface area contributed by atoms with Gasteiger partial charge in [0.05, 0.1) is 22.3 Å². The number of alkyl halides is 3. The van der Waals surface area contributed by atoms with Crippen molar-refractivity contribution in [3.63, 3.8) is 0 Å². The van der Waals surface area contributed by atoms with Gasteiger partial charge in [-0.05, 0) is 12.1 Å². The largest absolute Gasteiger partial charge is 0.544 e. The van der Waals surface area contributed by atoms with Gasteiger partial charge in [-0.3, -0.25) is 4.79 Å². The lowest BCUT2D eigenvalue weighted by molar-refractivity contribution is -0.298. The van der Waals surface area contributed by atoms with Gasteiger partial charge in [0.15, 0.2) is 0 Å². The highest BCUT2D eigenvalue weighted by molar-refractivity contribution is 6.54. The molecule has 108 valence electrons. The van der Waals surface area contributed by atoms with E-state index in [1.54, 1.807) is 0 Å². The number of carboxylic acids is 1. The highest BCUT2D eigenvalue weighted by atomic mass is 35.5. The van der Waals surface area contributed by atoms with Gasteiger partial charge in [-0.2, -0.15) is 13.2 Å². The van der Waals surface area contributed by atoms with E-state index in [2.05, 4.69) is 0 Å². The van der Waals surface area contributed by atoms with Crippen LogP contribution < -0.4 is 10.4 Å². The van der Waals surface area contributed by atoms with E-state index in [0.717, 1.165) is 18.2 Å². The molecule has 0 atom stereocenters. The second kappa shape index (κ2) is 6.15. The van der Waals surface area contributed by atoms with E-state index in [1.807, 2.05) is 5.32 Å². The second-order valence-corrected chi connectivity index (χ2v) is 4.17. The smallest absolute Gasteiger partial charge is 0.418 e. The summed E-state index contributed by atoms with van der Waals surface area (Å²) in [5.74, 6) is -3.21. The molecule has 0 unspecified atom stereocenters. The molecule has 0 aromatic heterocycles. The predicted molar refractivity (Wildman–Crippen MR) is 63.8 cm³/mol. The summed E-state index contributed by atoms with van der Waals surface area (Å²) in [6, 6.07) is 4.11. The molecule has 1 amide bonds. The lowest BCUT2D eigenvalue weighted by atomic mass is 10.1. The van der Waals surface area contributed by atoms with Crippen molar-refractivity contribution < 1.29 is 27.9 Å². The Balaban J connectivity index is 3.10. The molecule has 0 bridgehead atoms. The summed E-state index contributed by atoms with van der Waals surface area (Å²) < 4.78 is 38.0. The van der Waals surface area contributed by atoms with Gasteiger partial charge in [0.2, 0.25) is 0 Å². The molecule has 20 heavy (non-hydrogen) atoms. The number of aliphatic carboxylic acids is 1. The van der Waals surface area contributed by atoms with Gasteiger partial charge in [0, 0.05) is 0 Å². The quantitative estimate of drug-likeness (QED) is 0.864. The van der Waals surface area contributed by atoms with E-state index >= 15 is 0 Å². The van der Waals surface area contributed by atoms with Crippen molar-refractivity contribution >= 4 is 40.8 Å². The molecular weight excluding hydrogens is 322 g/mol. The molecule has 0 fully saturated rings. The Morgan fingerprint density at radius 1 is 1.10 bits per heavy atom. The zero-order valence-corrected chi connectivity index (χ0v) is 10.9. The minimum Gasteiger partial charge on any atom is -0.544 e. The van der Waals surface area contributed by atoms with Crippen LogP contribution in [0.15, 0.2) is 34.3 Å². The minimum absolute atomic E-state index is 0.578. The zero-order chi connectivity index (χ0) is 15.5. The second-order valence-electron chi connectivity index (χ2n) is 3.41. The van der Waals surface area contributed by atoms with Gasteiger partial charge in [-0.1, -0.05) is 35.3 Å². The van der Waals surface area contributed by atoms with E-state index < -0.39 is 39.4 Å². The summed E-state index contributed by atoms with van der Waals surface area (Å²) in [7, 11) is 0. The molecule has 1 N–H and O–H groups in total. The van der Waals surface area contributed by atoms with Crippen molar-refractivity contribution in [1.82, 2.24) is 0 Å². The molecule has 0 saturated carbocycles. The van der Waals surface area contributed by atoms with Crippen LogP contribution in [0.25, 0.3) is 0 Å². The highest BCUT2D eigenvalue weighted by Gasteiger charge is 2.33. The Hall–Kier alpha value is -1.73. The molecule has 0 spiro atoms. The van der Waals surface area contributed by atoms with Crippen LogP contribution >= 0.6 is 23.2 Å². The fourth-order valence-electron chi connectivity index (χ4n) is 1.21. The van der Waals surface area contributed by atoms with Crippen LogP contribution in [0.2, 0.25) is 0 Å². The lowest BCUT2D eigenvalue weighted by Crippen LogP contribution is -2.25. The molecule has 0 saturated heterocycles. The molecule has 4 nitrogen and oxygen atoms in total. The Bertz CT molecular complexity index is 585. The fourth-order valence-corrected chi connectivity index (χ4v) is 1.42. The number of nitrogens with one attached hydrogen (secondary N) is 1. The number of benzene rings is 1. The Morgan fingerprint density at radius 3 is 2.15 bits per heavy atom. The number of rotatable bonds is 3. The van der Waals surface area contributed by atoms with Crippen LogP contribution in [0.3, 0.4) is 0 Å². The first kappa shape index (κ1) is 16.3. The number of carbonyl (C=O) groups is 2. The summed E-state index contributed by atoms with van der Waals surface area (Å²) in [5, 5.41) is 10.1. The van der Waals surface area contributed by atoms with Gasteiger partial charge in [0.1, 0.15) is 5.03 Å². The van der Waals surface area contributed by atoms with E-state index in [9.17, 15) is 27.9 Å². The Labute approximate surface area is 120 Å². The molecule has 0 heterocycles. The first-order chi connectivity index (χ1) is 9.14. The average molecular weight is 327 g/mol. The zero-order valence-electron chi connectivity index (χ0n) is 9.42. The van der Waals surface area contributed by atoms with Gasteiger partial charge in [0.25, 0.3) is 5.91 Å². The van der Waals surface area contributed by atoms with Crippen molar-refractivity contribution in [3.05, 3.63) is 39.9 Å². The topological polar surface area (TPSA) is 69.2 Å². The molecule has 1 aromatic rings. The number of hydrogen-bond donors (Lipinski definition) is 1. The van der Waals surface area contributed by atoms with E-state index in [0.29, 0.717) is 0 Å². The molecule has 0 aliphatic carbocycles. The maximum absolute atomic E-state index is 12.7. The number of carbonyl (C=O) groups excluding carboxylic acids is 2. The van der Waals surface area contributed by atoms with Crippen molar-refractivity contribution in [1.29, 1.82) is 0 Å². The summed E-state index contributed by atoms with van der Waals surface area (Å²) in [6.07, 6.45) is -4.70. The molecule has 1 aromatic carbocycles. The monoisotopic (exact) mass is 326 g/mol. The third-order valence-electron chi connectivity index (χ3n) is 2.05. The van der Waals surface area contributed by atoms with Crippen LogP contribution in [0.5, 0.6) is 0 Å². The fraction of sp³-hybridized carbons (Fsp3) is 0.0909. The summed E-state index contributed by atoms with van der Waals surface area (Å²) in [5.41, 5.74) is -1.69. The van der Waals surface area contributed by atoms with Gasteiger partial charge >= 0.3 is 6.18 Å². The first-order valence-corrected chi connectivity index (χ1v) is 5.64. The standard InChI is InChI=1S/C11H6Cl2F3NO3/c12-7(8(13)10(19)20)9(18)17-6-4-2-1-3-5(6)11(14,15)16/h1-4H,(H,17,18)(H,19,20)/p-1/b8-7-. The van der Waals surface area contributed by atoms with Gasteiger partial charge < -0.3 is 15.2 Å². The third-order valence-corrected chi connectivity index (χ3v) is 2.85. The van der Waals surface area contributed by atoms with Crippen LogP contribution in [0.1, 0.15) is 5.56 Å². The third kappa shape index (κ3) is 3.88. The Kier molecular flexibility index (Phi) is 5.02.